The van der Waals surface area contributed by atoms with Crippen LogP contribution in [0.15, 0.2) is 71.7 Å². The van der Waals surface area contributed by atoms with E-state index in [1.54, 1.807) is 0 Å². The molecule has 0 aliphatic carbocycles. The van der Waals surface area contributed by atoms with E-state index in [0.717, 1.165) is 22.3 Å². The van der Waals surface area contributed by atoms with Crippen LogP contribution in [0.4, 0.5) is 0 Å². The first kappa shape index (κ1) is 37.3. The van der Waals surface area contributed by atoms with Gasteiger partial charge in [-0.2, -0.15) is 0 Å². The van der Waals surface area contributed by atoms with Gasteiger partial charge in [0.1, 0.15) is 15.6 Å². The molecule has 7 nitrogen and oxygen atoms in total. The summed E-state index contributed by atoms with van der Waals surface area (Å²) < 4.78 is 29.7. The van der Waals surface area contributed by atoms with E-state index in [-0.39, 0.29) is 17.1 Å². The standard InChI is InChI=1S/C39H49Cl2N3O4S/c1-8-48-33-26-29(37(2,3)4)14-19-32(33)35-34(36(45)44-23-21-43(22-24-44)20-9-25-49(7,46)47)38(5,27-10-15-30(40)16-11-27)39(6,42-35)28-12-17-31(41)18-13-28/h10-19,26,34H,8-9,20-25H2,1-7H3/t34?,38-,39?/m1/s1. The highest BCUT2D eigenvalue weighted by atomic mass is 35.5. The van der Waals surface area contributed by atoms with Crippen LogP contribution in [-0.2, 0) is 31.0 Å². The number of amides is 1. The Bertz CT molecular complexity index is 1800. The van der Waals surface area contributed by atoms with Crippen molar-refractivity contribution in [1.29, 1.82) is 0 Å². The second-order valence-electron chi connectivity index (χ2n) is 14.8. The quantitative estimate of drug-likeness (QED) is 0.216. The molecule has 264 valence electrons. The maximum Gasteiger partial charge on any atom is 0.232 e. The lowest BCUT2D eigenvalue weighted by Gasteiger charge is -2.45. The number of aliphatic imine (C=N–C) groups is 1. The van der Waals surface area contributed by atoms with Crippen LogP contribution >= 0.6 is 23.2 Å². The third kappa shape index (κ3) is 7.73. The highest BCUT2D eigenvalue weighted by Gasteiger charge is 2.61. The number of benzene rings is 3. The molecule has 49 heavy (non-hydrogen) atoms. The number of halogens is 2. The average molecular weight is 727 g/mol. The first-order chi connectivity index (χ1) is 23.0. The van der Waals surface area contributed by atoms with Gasteiger partial charge in [0.2, 0.25) is 5.91 Å². The summed E-state index contributed by atoms with van der Waals surface area (Å²) in [4.78, 5) is 25.0. The van der Waals surface area contributed by atoms with Crippen molar-refractivity contribution in [3.63, 3.8) is 0 Å². The number of nitrogens with zero attached hydrogens (tertiary/aromatic N) is 3. The third-order valence-corrected chi connectivity index (χ3v) is 11.9. The van der Waals surface area contributed by atoms with Gasteiger partial charge >= 0.3 is 0 Å². The highest BCUT2D eigenvalue weighted by Crippen LogP contribution is 2.57. The van der Waals surface area contributed by atoms with Gasteiger partial charge in [-0.05, 0) is 85.3 Å². The van der Waals surface area contributed by atoms with Gasteiger partial charge in [0.15, 0.2) is 0 Å². The fraction of sp³-hybridized carbons (Fsp3) is 0.487. The number of carbonyl (C=O) groups excluding carboxylic acids is 1. The molecule has 3 aromatic rings. The van der Waals surface area contributed by atoms with Crippen LogP contribution in [0.25, 0.3) is 0 Å². The maximum absolute atomic E-state index is 15.2. The van der Waals surface area contributed by atoms with E-state index in [9.17, 15) is 8.42 Å². The largest absolute Gasteiger partial charge is 0.493 e. The van der Waals surface area contributed by atoms with E-state index < -0.39 is 26.7 Å². The molecular weight excluding hydrogens is 677 g/mol. The van der Waals surface area contributed by atoms with E-state index in [4.69, 9.17) is 32.9 Å². The Kier molecular flexibility index (Phi) is 11.0. The molecule has 5 rings (SSSR count). The summed E-state index contributed by atoms with van der Waals surface area (Å²) in [7, 11) is -3.02. The van der Waals surface area contributed by atoms with Crippen LogP contribution in [0.2, 0.25) is 10.0 Å². The zero-order valence-corrected chi connectivity index (χ0v) is 32.1. The number of rotatable bonds is 10. The van der Waals surface area contributed by atoms with E-state index in [2.05, 4.69) is 57.7 Å². The summed E-state index contributed by atoms with van der Waals surface area (Å²) in [5.74, 6) is 0.214. The van der Waals surface area contributed by atoms with Gasteiger partial charge in [0.25, 0.3) is 0 Å². The van der Waals surface area contributed by atoms with E-state index in [1.165, 1.54) is 6.26 Å². The zero-order valence-electron chi connectivity index (χ0n) is 29.7. The van der Waals surface area contributed by atoms with Gasteiger partial charge in [-0.1, -0.05) is 81.2 Å². The van der Waals surface area contributed by atoms with Gasteiger partial charge in [-0.25, -0.2) is 8.42 Å². The number of piperazine rings is 1. The molecule has 0 radical (unpaired) electrons. The van der Waals surface area contributed by atoms with Crippen molar-refractivity contribution in [3.05, 3.63) is 99.0 Å². The summed E-state index contributed by atoms with van der Waals surface area (Å²) >= 11 is 12.8. The summed E-state index contributed by atoms with van der Waals surface area (Å²) in [5.41, 5.74) is 2.72. The maximum atomic E-state index is 15.2. The lowest BCUT2D eigenvalue weighted by molar-refractivity contribution is -0.137. The minimum absolute atomic E-state index is 0.00650. The molecule has 1 amide bonds. The molecule has 0 aromatic heterocycles. The topological polar surface area (TPSA) is 79.3 Å². The molecular formula is C39H49Cl2N3O4S. The number of hydrogen-bond acceptors (Lipinski definition) is 6. The normalized spacial score (nSPS) is 23.4. The predicted molar refractivity (Wildman–Crippen MR) is 201 cm³/mol. The summed E-state index contributed by atoms with van der Waals surface area (Å²) in [6.07, 6.45) is 1.85. The zero-order chi connectivity index (χ0) is 35.8. The van der Waals surface area contributed by atoms with Crippen LogP contribution in [0.1, 0.15) is 70.2 Å². The molecule has 2 aliphatic rings. The second kappa shape index (κ2) is 14.4. The molecule has 2 unspecified atom stereocenters. The fourth-order valence-corrected chi connectivity index (χ4v) is 8.24. The molecule has 1 saturated heterocycles. The molecule has 2 heterocycles. The number of carbonyl (C=O) groups is 1. The summed E-state index contributed by atoms with van der Waals surface area (Å²) in [5, 5.41) is 1.24. The van der Waals surface area contributed by atoms with Gasteiger partial charge < -0.3 is 9.64 Å². The first-order valence-corrected chi connectivity index (χ1v) is 19.9. The molecule has 3 atom stereocenters. The predicted octanol–water partition coefficient (Wildman–Crippen LogP) is 7.56. The van der Waals surface area contributed by atoms with Crippen molar-refractivity contribution < 1.29 is 17.9 Å². The van der Waals surface area contributed by atoms with Gasteiger partial charge in [-0.3, -0.25) is 14.7 Å². The molecule has 1 fully saturated rings. The van der Waals surface area contributed by atoms with Crippen molar-refractivity contribution in [1.82, 2.24) is 9.80 Å². The minimum Gasteiger partial charge on any atom is -0.493 e. The van der Waals surface area contributed by atoms with Crippen molar-refractivity contribution in [2.75, 3.05) is 51.3 Å². The van der Waals surface area contributed by atoms with Crippen molar-refractivity contribution in [2.45, 2.75) is 64.3 Å². The molecule has 3 aromatic carbocycles. The van der Waals surface area contributed by atoms with Crippen LogP contribution in [0.5, 0.6) is 5.75 Å². The van der Waals surface area contributed by atoms with Crippen molar-refractivity contribution in [2.24, 2.45) is 10.9 Å². The Morgan fingerprint density at radius 2 is 1.49 bits per heavy atom. The Balaban J connectivity index is 1.65. The van der Waals surface area contributed by atoms with Gasteiger partial charge in [-0.15, -0.1) is 0 Å². The molecule has 10 heteroatoms. The Morgan fingerprint density at radius 1 is 0.918 bits per heavy atom. The number of hydrogen-bond donors (Lipinski definition) is 0. The van der Waals surface area contributed by atoms with Gasteiger partial charge in [0.05, 0.1) is 29.5 Å². The van der Waals surface area contributed by atoms with Crippen molar-refractivity contribution >= 4 is 44.7 Å². The molecule has 0 bridgehead atoms. The van der Waals surface area contributed by atoms with Gasteiger partial charge in [0, 0.05) is 53.5 Å². The van der Waals surface area contributed by atoms with E-state index in [1.807, 2.05) is 60.4 Å². The highest BCUT2D eigenvalue weighted by molar-refractivity contribution is 7.90. The summed E-state index contributed by atoms with van der Waals surface area (Å²) in [6.45, 7) is 16.3. The lowest BCUT2D eigenvalue weighted by Crippen LogP contribution is -2.56. The van der Waals surface area contributed by atoms with Crippen molar-refractivity contribution in [3.8, 4) is 5.75 Å². The summed E-state index contributed by atoms with van der Waals surface area (Å²) in [6, 6.07) is 21.8. The van der Waals surface area contributed by atoms with E-state index in [0.29, 0.717) is 67.3 Å². The molecule has 2 aliphatic heterocycles. The monoisotopic (exact) mass is 725 g/mol. The van der Waals surface area contributed by atoms with Crippen LogP contribution in [-0.4, -0.2) is 81.2 Å². The first-order valence-electron chi connectivity index (χ1n) is 17.1. The van der Waals surface area contributed by atoms with Crippen LogP contribution in [0.3, 0.4) is 0 Å². The number of sulfone groups is 1. The van der Waals surface area contributed by atoms with E-state index >= 15 is 4.79 Å². The second-order valence-corrected chi connectivity index (χ2v) is 17.9. The minimum atomic E-state index is -3.02. The Hall–Kier alpha value is -2.91. The third-order valence-electron chi connectivity index (χ3n) is 10.4. The van der Waals surface area contributed by atoms with Crippen LogP contribution < -0.4 is 4.74 Å². The molecule has 0 spiro atoms. The van der Waals surface area contributed by atoms with Crippen LogP contribution in [0, 0.1) is 5.92 Å². The smallest absolute Gasteiger partial charge is 0.232 e. The SMILES string of the molecule is CCOc1cc(C(C)(C)C)ccc1C1=NC(C)(c2ccc(Cl)cc2)[C@](C)(c2ccc(Cl)cc2)C1C(=O)N1CCN(CCCS(C)(=O)=O)CC1. The fourth-order valence-electron chi connectivity index (χ4n) is 7.34. The average Bonchev–Trinajstić information content (AvgIpc) is 3.28. The number of ether oxygens (including phenoxy) is 1. The molecule has 0 saturated carbocycles. The Morgan fingerprint density at radius 3 is 2.02 bits per heavy atom. The molecule has 0 N–H and O–H groups in total. The Labute approximate surface area is 302 Å². The lowest BCUT2D eigenvalue weighted by atomic mass is 9.59.